The van der Waals surface area contributed by atoms with E-state index in [1.807, 2.05) is 42.7 Å². The molecule has 1 amide bonds. The van der Waals surface area contributed by atoms with Gasteiger partial charge in [-0.25, -0.2) is 4.98 Å². The minimum absolute atomic E-state index is 0.0395. The SMILES string of the molecule is Cc1cc(C(=O)NCCCCN)c(C)n1-c1ccccn1. The number of hydrogen-bond donors (Lipinski definition) is 2. The summed E-state index contributed by atoms with van der Waals surface area (Å²) in [6.45, 7) is 5.23. The third kappa shape index (κ3) is 3.49. The van der Waals surface area contributed by atoms with Crippen molar-refractivity contribution in [3.05, 3.63) is 47.4 Å². The molecule has 2 aromatic heterocycles. The number of nitrogens with one attached hydrogen (secondary N) is 1. The maximum atomic E-state index is 12.2. The van der Waals surface area contributed by atoms with E-state index in [0.29, 0.717) is 18.7 Å². The lowest BCUT2D eigenvalue weighted by atomic mass is 10.2. The van der Waals surface area contributed by atoms with E-state index in [9.17, 15) is 4.79 Å². The maximum Gasteiger partial charge on any atom is 0.253 e. The van der Waals surface area contributed by atoms with E-state index < -0.39 is 0 Å². The average Bonchev–Trinajstić information content (AvgIpc) is 2.79. The van der Waals surface area contributed by atoms with Gasteiger partial charge in [-0.1, -0.05) is 6.07 Å². The number of carbonyl (C=O) groups excluding carboxylic acids is 1. The van der Waals surface area contributed by atoms with Crippen LogP contribution in [0.1, 0.15) is 34.6 Å². The van der Waals surface area contributed by atoms with Crippen LogP contribution in [0.4, 0.5) is 0 Å². The monoisotopic (exact) mass is 286 g/mol. The third-order valence-electron chi connectivity index (χ3n) is 3.47. The van der Waals surface area contributed by atoms with Crippen molar-refractivity contribution < 1.29 is 4.79 Å². The van der Waals surface area contributed by atoms with Crippen LogP contribution >= 0.6 is 0 Å². The second-order valence-electron chi connectivity index (χ2n) is 5.06. The van der Waals surface area contributed by atoms with Crippen molar-refractivity contribution in [3.8, 4) is 5.82 Å². The summed E-state index contributed by atoms with van der Waals surface area (Å²) < 4.78 is 1.99. The van der Waals surface area contributed by atoms with Crippen molar-refractivity contribution in [2.24, 2.45) is 5.73 Å². The van der Waals surface area contributed by atoms with Crippen molar-refractivity contribution in [2.45, 2.75) is 26.7 Å². The molecule has 0 unspecified atom stereocenters. The molecule has 0 aliphatic carbocycles. The zero-order valence-electron chi connectivity index (χ0n) is 12.6. The number of hydrogen-bond acceptors (Lipinski definition) is 3. The first-order valence-corrected chi connectivity index (χ1v) is 7.23. The molecule has 0 aromatic carbocycles. The largest absolute Gasteiger partial charge is 0.352 e. The van der Waals surface area contributed by atoms with Gasteiger partial charge in [0.15, 0.2) is 0 Å². The molecule has 0 atom stereocenters. The molecule has 3 N–H and O–H groups in total. The van der Waals surface area contributed by atoms with Gasteiger partial charge in [-0.05, 0) is 51.4 Å². The summed E-state index contributed by atoms with van der Waals surface area (Å²) in [5.41, 5.74) is 8.05. The summed E-state index contributed by atoms with van der Waals surface area (Å²) in [6, 6.07) is 7.65. The van der Waals surface area contributed by atoms with Crippen LogP contribution < -0.4 is 11.1 Å². The molecular formula is C16H22N4O. The van der Waals surface area contributed by atoms with E-state index in [1.54, 1.807) is 6.20 Å². The molecule has 0 saturated heterocycles. The Labute approximate surface area is 125 Å². The van der Waals surface area contributed by atoms with E-state index in [2.05, 4.69) is 10.3 Å². The predicted molar refractivity (Wildman–Crippen MR) is 83.7 cm³/mol. The van der Waals surface area contributed by atoms with E-state index >= 15 is 0 Å². The average molecular weight is 286 g/mol. The first-order chi connectivity index (χ1) is 10.1. The molecule has 5 heteroatoms. The normalized spacial score (nSPS) is 10.6. The molecule has 5 nitrogen and oxygen atoms in total. The molecule has 112 valence electrons. The van der Waals surface area contributed by atoms with Crippen LogP contribution in [-0.4, -0.2) is 28.5 Å². The van der Waals surface area contributed by atoms with Gasteiger partial charge in [0.05, 0.1) is 5.56 Å². The van der Waals surface area contributed by atoms with Crippen molar-refractivity contribution in [3.63, 3.8) is 0 Å². The molecule has 21 heavy (non-hydrogen) atoms. The fourth-order valence-corrected chi connectivity index (χ4v) is 2.40. The first kappa shape index (κ1) is 15.3. The van der Waals surface area contributed by atoms with E-state index in [0.717, 1.165) is 30.0 Å². The van der Waals surface area contributed by atoms with Crippen LogP contribution in [0.25, 0.3) is 5.82 Å². The minimum atomic E-state index is -0.0395. The molecule has 0 saturated carbocycles. The number of nitrogens with two attached hydrogens (primary N) is 1. The number of nitrogens with zero attached hydrogens (tertiary/aromatic N) is 2. The highest BCUT2D eigenvalue weighted by atomic mass is 16.1. The lowest BCUT2D eigenvalue weighted by molar-refractivity contribution is 0.0952. The molecule has 2 aromatic rings. The molecule has 0 radical (unpaired) electrons. The van der Waals surface area contributed by atoms with Crippen LogP contribution in [0, 0.1) is 13.8 Å². The van der Waals surface area contributed by atoms with Crippen LogP contribution in [0.5, 0.6) is 0 Å². The Hall–Kier alpha value is -2.14. The second-order valence-corrected chi connectivity index (χ2v) is 5.06. The van der Waals surface area contributed by atoms with Crippen LogP contribution in [0.15, 0.2) is 30.5 Å². The summed E-state index contributed by atoms with van der Waals surface area (Å²) in [7, 11) is 0. The van der Waals surface area contributed by atoms with Crippen molar-refractivity contribution >= 4 is 5.91 Å². The fraction of sp³-hybridized carbons (Fsp3) is 0.375. The number of pyridine rings is 1. The summed E-state index contributed by atoms with van der Waals surface area (Å²) in [5.74, 6) is 0.789. The lowest BCUT2D eigenvalue weighted by Crippen LogP contribution is -2.25. The minimum Gasteiger partial charge on any atom is -0.352 e. The van der Waals surface area contributed by atoms with Gasteiger partial charge >= 0.3 is 0 Å². The van der Waals surface area contributed by atoms with Gasteiger partial charge in [-0.3, -0.25) is 4.79 Å². The van der Waals surface area contributed by atoms with Crippen molar-refractivity contribution in [2.75, 3.05) is 13.1 Å². The van der Waals surface area contributed by atoms with Gasteiger partial charge in [-0.15, -0.1) is 0 Å². The Morgan fingerprint density at radius 2 is 2.14 bits per heavy atom. The van der Waals surface area contributed by atoms with E-state index in [4.69, 9.17) is 5.73 Å². The van der Waals surface area contributed by atoms with Crippen molar-refractivity contribution in [1.29, 1.82) is 0 Å². The standard InChI is InChI=1S/C16H22N4O/c1-12-11-14(16(21)19-10-6-4-8-17)13(2)20(12)15-7-3-5-9-18-15/h3,5,7,9,11H,4,6,8,10,17H2,1-2H3,(H,19,21). The molecule has 0 bridgehead atoms. The highest BCUT2D eigenvalue weighted by molar-refractivity contribution is 5.95. The van der Waals surface area contributed by atoms with Gasteiger partial charge in [0.1, 0.15) is 5.82 Å². The van der Waals surface area contributed by atoms with E-state index in [-0.39, 0.29) is 5.91 Å². The maximum absolute atomic E-state index is 12.2. The highest BCUT2D eigenvalue weighted by Crippen LogP contribution is 2.19. The number of aryl methyl sites for hydroxylation is 1. The van der Waals surface area contributed by atoms with Gasteiger partial charge in [0, 0.05) is 24.1 Å². The van der Waals surface area contributed by atoms with Gasteiger partial charge in [-0.2, -0.15) is 0 Å². The zero-order valence-corrected chi connectivity index (χ0v) is 12.6. The van der Waals surface area contributed by atoms with Crippen LogP contribution in [0.2, 0.25) is 0 Å². The Morgan fingerprint density at radius 3 is 2.81 bits per heavy atom. The number of amides is 1. The number of rotatable bonds is 6. The Bertz CT molecular complexity index is 604. The molecule has 2 rings (SSSR count). The molecular weight excluding hydrogens is 264 g/mol. The molecule has 0 aliphatic rings. The van der Waals surface area contributed by atoms with E-state index in [1.165, 1.54) is 0 Å². The van der Waals surface area contributed by atoms with Crippen LogP contribution in [0.3, 0.4) is 0 Å². The molecule has 0 aliphatic heterocycles. The lowest BCUT2D eigenvalue weighted by Gasteiger charge is -2.08. The summed E-state index contributed by atoms with van der Waals surface area (Å²) in [6.07, 6.45) is 3.58. The van der Waals surface area contributed by atoms with Gasteiger partial charge in [0.2, 0.25) is 0 Å². The predicted octanol–water partition coefficient (Wildman–Crippen LogP) is 1.96. The summed E-state index contributed by atoms with van der Waals surface area (Å²) in [4.78, 5) is 16.6. The summed E-state index contributed by atoms with van der Waals surface area (Å²) >= 11 is 0. The number of aromatic nitrogens is 2. The van der Waals surface area contributed by atoms with Gasteiger partial charge in [0.25, 0.3) is 5.91 Å². The third-order valence-corrected chi connectivity index (χ3v) is 3.47. The quantitative estimate of drug-likeness (QED) is 0.797. The molecule has 0 spiro atoms. The number of carbonyl (C=O) groups is 1. The molecule has 2 heterocycles. The zero-order chi connectivity index (χ0) is 15.2. The Morgan fingerprint density at radius 1 is 1.33 bits per heavy atom. The van der Waals surface area contributed by atoms with Crippen LogP contribution in [-0.2, 0) is 0 Å². The Kier molecular flexibility index (Phi) is 5.11. The number of unbranched alkanes of at least 4 members (excludes halogenated alkanes) is 1. The van der Waals surface area contributed by atoms with Gasteiger partial charge < -0.3 is 15.6 Å². The summed E-state index contributed by atoms with van der Waals surface area (Å²) in [5, 5.41) is 2.94. The van der Waals surface area contributed by atoms with Crippen molar-refractivity contribution in [1.82, 2.24) is 14.9 Å². The fourth-order valence-electron chi connectivity index (χ4n) is 2.40. The molecule has 0 fully saturated rings. The highest BCUT2D eigenvalue weighted by Gasteiger charge is 2.16. The smallest absolute Gasteiger partial charge is 0.253 e. The topological polar surface area (TPSA) is 72.9 Å². The second kappa shape index (κ2) is 7.04. The first-order valence-electron chi connectivity index (χ1n) is 7.23. The Balaban J connectivity index is 2.17.